The molecule has 1 aliphatic heterocycles. The van der Waals surface area contributed by atoms with Crippen molar-refractivity contribution in [3.05, 3.63) is 35.9 Å². The highest BCUT2D eigenvalue weighted by Crippen LogP contribution is 2.26. The molecule has 2 heterocycles. The minimum atomic E-state index is -0.000463. The van der Waals surface area contributed by atoms with Gasteiger partial charge in [0.05, 0.1) is 18.0 Å². The molecule has 0 bridgehead atoms. The largest absolute Gasteiger partial charge is 0.358 e. The lowest BCUT2D eigenvalue weighted by Gasteiger charge is -2.09. The van der Waals surface area contributed by atoms with Crippen LogP contribution in [0.25, 0.3) is 0 Å². The molecule has 0 saturated carbocycles. The second kappa shape index (κ2) is 7.76. The quantitative estimate of drug-likeness (QED) is 0.801. The molecule has 1 aliphatic rings. The van der Waals surface area contributed by atoms with Crippen LogP contribution in [0.15, 0.2) is 39.8 Å². The molecule has 0 saturated heterocycles. The highest BCUT2D eigenvalue weighted by molar-refractivity contribution is 8.01. The SMILES string of the molecule is CC(C)Nc1nnc(SCC(=O)N2CCC(c3ccccc3)=N2)s1. The predicted octanol–water partition coefficient (Wildman–Crippen LogP) is 3.09. The first-order valence-corrected chi connectivity index (χ1v) is 9.58. The first-order chi connectivity index (χ1) is 11.6. The molecule has 1 amide bonds. The van der Waals surface area contributed by atoms with Gasteiger partial charge >= 0.3 is 0 Å². The normalized spacial score (nSPS) is 14.1. The molecular weight excluding hydrogens is 342 g/mol. The van der Waals surface area contributed by atoms with Gasteiger partial charge in [0.15, 0.2) is 4.34 Å². The number of nitrogens with one attached hydrogen (secondary N) is 1. The van der Waals surface area contributed by atoms with E-state index in [0.717, 1.165) is 27.2 Å². The van der Waals surface area contributed by atoms with Crippen molar-refractivity contribution in [2.24, 2.45) is 5.10 Å². The molecule has 0 aliphatic carbocycles. The van der Waals surface area contributed by atoms with Crippen molar-refractivity contribution in [1.82, 2.24) is 15.2 Å². The van der Waals surface area contributed by atoms with Crippen LogP contribution in [0.5, 0.6) is 0 Å². The molecule has 0 atom stereocenters. The summed E-state index contributed by atoms with van der Waals surface area (Å²) in [7, 11) is 0. The molecule has 0 radical (unpaired) electrons. The van der Waals surface area contributed by atoms with Crippen molar-refractivity contribution in [1.29, 1.82) is 0 Å². The Bertz CT molecular complexity index is 729. The van der Waals surface area contributed by atoms with Gasteiger partial charge in [-0.1, -0.05) is 53.4 Å². The lowest BCUT2D eigenvalue weighted by Crippen LogP contribution is -2.25. The monoisotopic (exact) mass is 361 g/mol. The average molecular weight is 361 g/mol. The third-order valence-corrected chi connectivity index (χ3v) is 5.31. The molecule has 0 fully saturated rings. The molecule has 126 valence electrons. The second-order valence-corrected chi connectivity index (χ2v) is 7.84. The zero-order valence-electron chi connectivity index (χ0n) is 13.6. The van der Waals surface area contributed by atoms with Crippen molar-refractivity contribution >= 4 is 39.8 Å². The van der Waals surface area contributed by atoms with Gasteiger partial charge in [-0.3, -0.25) is 4.79 Å². The van der Waals surface area contributed by atoms with E-state index in [2.05, 4.69) is 20.6 Å². The summed E-state index contributed by atoms with van der Waals surface area (Å²) < 4.78 is 0.790. The van der Waals surface area contributed by atoms with E-state index in [-0.39, 0.29) is 5.91 Å². The number of anilines is 1. The number of carbonyl (C=O) groups excluding carboxylic acids is 1. The molecule has 2 aromatic rings. The Morgan fingerprint density at radius 3 is 2.88 bits per heavy atom. The van der Waals surface area contributed by atoms with Crippen molar-refractivity contribution in [2.45, 2.75) is 30.6 Å². The zero-order valence-corrected chi connectivity index (χ0v) is 15.2. The number of hydrogen-bond acceptors (Lipinski definition) is 7. The van der Waals surface area contributed by atoms with Gasteiger partial charge in [0.25, 0.3) is 5.91 Å². The summed E-state index contributed by atoms with van der Waals surface area (Å²) in [4.78, 5) is 12.3. The molecule has 24 heavy (non-hydrogen) atoms. The topological polar surface area (TPSA) is 70.5 Å². The second-order valence-electron chi connectivity index (χ2n) is 5.64. The average Bonchev–Trinajstić information content (AvgIpc) is 3.22. The summed E-state index contributed by atoms with van der Waals surface area (Å²) in [6.45, 7) is 4.74. The molecule has 6 nitrogen and oxygen atoms in total. The standard InChI is InChI=1S/C16H19N5OS2/c1-11(2)17-15-18-19-16(24-15)23-10-14(22)21-9-8-13(20-21)12-6-4-3-5-7-12/h3-7,11H,8-10H2,1-2H3,(H,17,18). The van der Waals surface area contributed by atoms with E-state index in [1.54, 1.807) is 5.01 Å². The number of hydrogen-bond donors (Lipinski definition) is 1. The summed E-state index contributed by atoms with van der Waals surface area (Å²) in [5, 5.41) is 18.2. The van der Waals surface area contributed by atoms with Crippen molar-refractivity contribution < 1.29 is 4.79 Å². The van der Waals surface area contributed by atoms with Crippen LogP contribution >= 0.6 is 23.1 Å². The maximum atomic E-state index is 12.3. The molecular formula is C16H19N5OS2. The van der Waals surface area contributed by atoms with Crippen molar-refractivity contribution in [3.8, 4) is 0 Å². The fourth-order valence-electron chi connectivity index (χ4n) is 2.24. The minimum absolute atomic E-state index is 0.000463. The van der Waals surface area contributed by atoms with Crippen molar-refractivity contribution in [2.75, 3.05) is 17.6 Å². The minimum Gasteiger partial charge on any atom is -0.358 e. The van der Waals surface area contributed by atoms with Gasteiger partial charge < -0.3 is 5.32 Å². The zero-order chi connectivity index (χ0) is 16.9. The molecule has 3 rings (SSSR count). The van der Waals surface area contributed by atoms with Gasteiger partial charge in [0, 0.05) is 12.5 Å². The fourth-order valence-corrected chi connectivity index (χ4v) is 4.01. The van der Waals surface area contributed by atoms with Crippen LogP contribution in [-0.2, 0) is 4.79 Å². The van der Waals surface area contributed by atoms with E-state index in [9.17, 15) is 4.79 Å². The van der Waals surface area contributed by atoms with E-state index in [1.807, 2.05) is 44.2 Å². The fraction of sp³-hybridized carbons (Fsp3) is 0.375. The Hall–Kier alpha value is -1.93. The summed E-state index contributed by atoms with van der Waals surface area (Å²) in [6, 6.07) is 10.3. The number of amides is 1. The predicted molar refractivity (Wildman–Crippen MR) is 98.7 cm³/mol. The van der Waals surface area contributed by atoms with E-state index >= 15 is 0 Å². The maximum absolute atomic E-state index is 12.3. The third kappa shape index (κ3) is 4.33. The van der Waals surface area contributed by atoms with Crippen LogP contribution in [0, 0.1) is 0 Å². The van der Waals surface area contributed by atoms with Crippen LogP contribution in [0.1, 0.15) is 25.8 Å². The van der Waals surface area contributed by atoms with Crippen LogP contribution in [0.2, 0.25) is 0 Å². The Morgan fingerprint density at radius 2 is 2.12 bits per heavy atom. The molecule has 1 aromatic heterocycles. The Kier molecular flexibility index (Phi) is 5.47. The highest BCUT2D eigenvalue weighted by atomic mass is 32.2. The van der Waals surface area contributed by atoms with E-state index < -0.39 is 0 Å². The number of thioether (sulfide) groups is 1. The summed E-state index contributed by atoms with van der Waals surface area (Å²) in [5.41, 5.74) is 2.04. The van der Waals surface area contributed by atoms with E-state index in [1.165, 1.54) is 23.1 Å². The molecule has 8 heteroatoms. The first kappa shape index (κ1) is 16.9. The van der Waals surface area contributed by atoms with E-state index in [0.29, 0.717) is 18.3 Å². The maximum Gasteiger partial charge on any atom is 0.253 e. The lowest BCUT2D eigenvalue weighted by atomic mass is 10.1. The molecule has 1 aromatic carbocycles. The van der Waals surface area contributed by atoms with Gasteiger partial charge in [-0.15, -0.1) is 10.2 Å². The van der Waals surface area contributed by atoms with Crippen LogP contribution in [0.3, 0.4) is 0 Å². The smallest absolute Gasteiger partial charge is 0.253 e. The first-order valence-electron chi connectivity index (χ1n) is 7.78. The Labute approximate surface area is 149 Å². The lowest BCUT2D eigenvalue weighted by molar-refractivity contribution is -0.127. The summed E-state index contributed by atoms with van der Waals surface area (Å²) >= 11 is 2.87. The van der Waals surface area contributed by atoms with E-state index in [4.69, 9.17) is 0 Å². The van der Waals surface area contributed by atoms with Crippen molar-refractivity contribution in [3.63, 3.8) is 0 Å². The number of benzene rings is 1. The number of hydrazone groups is 1. The van der Waals surface area contributed by atoms with Crippen LogP contribution in [-0.4, -0.2) is 45.2 Å². The Balaban J connectivity index is 1.54. The third-order valence-electron chi connectivity index (χ3n) is 3.33. The van der Waals surface area contributed by atoms with Gasteiger partial charge in [0.2, 0.25) is 5.13 Å². The summed E-state index contributed by atoms with van der Waals surface area (Å²) in [5.74, 6) is 0.321. The van der Waals surface area contributed by atoms with Gasteiger partial charge in [-0.25, -0.2) is 5.01 Å². The van der Waals surface area contributed by atoms with Gasteiger partial charge in [-0.05, 0) is 19.4 Å². The molecule has 0 unspecified atom stereocenters. The number of nitrogens with zero attached hydrogens (tertiary/aromatic N) is 4. The number of aromatic nitrogens is 2. The number of carbonyl (C=O) groups is 1. The van der Waals surface area contributed by atoms with Gasteiger partial charge in [-0.2, -0.15) is 5.10 Å². The highest BCUT2D eigenvalue weighted by Gasteiger charge is 2.22. The van der Waals surface area contributed by atoms with Gasteiger partial charge in [0.1, 0.15) is 0 Å². The molecule has 1 N–H and O–H groups in total. The Morgan fingerprint density at radius 1 is 1.33 bits per heavy atom. The molecule has 0 spiro atoms. The summed E-state index contributed by atoms with van der Waals surface area (Å²) in [6.07, 6.45) is 0.793. The van der Waals surface area contributed by atoms with Crippen LogP contribution in [0.4, 0.5) is 5.13 Å². The number of rotatable bonds is 6. The van der Waals surface area contributed by atoms with Crippen LogP contribution < -0.4 is 5.32 Å².